The Balaban J connectivity index is 2.48. The van der Waals surface area contributed by atoms with E-state index in [0.29, 0.717) is 12.6 Å². The average Bonchev–Trinajstić information content (AvgIpc) is 2.54. The van der Waals surface area contributed by atoms with Gasteiger partial charge in [-0.15, -0.1) is 11.8 Å². The first-order valence-electron chi connectivity index (χ1n) is 7.31. The summed E-state index contributed by atoms with van der Waals surface area (Å²) in [5.74, 6) is 1.11. The molecule has 116 valence electrons. The molecule has 1 aliphatic rings. The number of nitrogens with two attached hydrogens (primary N) is 1. The van der Waals surface area contributed by atoms with E-state index in [1.165, 1.54) is 0 Å². The molecule has 6 heteroatoms. The summed E-state index contributed by atoms with van der Waals surface area (Å²) in [6, 6.07) is 6.42. The second kappa shape index (κ2) is 7.56. The molecule has 21 heavy (non-hydrogen) atoms. The van der Waals surface area contributed by atoms with Gasteiger partial charge in [0.25, 0.3) is 0 Å². The summed E-state index contributed by atoms with van der Waals surface area (Å²) in [7, 11) is 0. The molecule has 1 heterocycles. The molecule has 3 N–H and O–H groups in total. The van der Waals surface area contributed by atoms with E-state index in [4.69, 9.17) is 15.7 Å². The zero-order valence-corrected chi connectivity index (χ0v) is 13.4. The fraction of sp³-hybridized carbons (Fsp3) is 0.533. The van der Waals surface area contributed by atoms with Crippen molar-refractivity contribution in [1.82, 2.24) is 0 Å². The molecule has 1 atom stereocenters. The minimum absolute atomic E-state index is 0.169. The van der Waals surface area contributed by atoms with Gasteiger partial charge >= 0.3 is 0 Å². The molecule has 1 fully saturated rings. The lowest BCUT2D eigenvalue weighted by molar-refractivity contribution is 0.0929. The van der Waals surface area contributed by atoms with Gasteiger partial charge in [-0.3, -0.25) is 0 Å². The highest BCUT2D eigenvalue weighted by molar-refractivity contribution is 7.99. The van der Waals surface area contributed by atoms with E-state index in [1.807, 2.05) is 18.2 Å². The van der Waals surface area contributed by atoms with Gasteiger partial charge in [-0.1, -0.05) is 25.1 Å². The highest BCUT2D eigenvalue weighted by atomic mass is 32.2. The topological polar surface area (TPSA) is 71.1 Å². The van der Waals surface area contributed by atoms with Crippen molar-refractivity contribution < 1.29 is 9.94 Å². The summed E-state index contributed by atoms with van der Waals surface area (Å²) in [5, 5.41) is 12.4. The Morgan fingerprint density at radius 3 is 3.00 bits per heavy atom. The molecule has 0 spiro atoms. The van der Waals surface area contributed by atoms with Crippen LogP contribution in [-0.2, 0) is 4.74 Å². The molecule has 2 rings (SSSR count). The maximum atomic E-state index is 9.14. The zero-order valence-electron chi connectivity index (χ0n) is 12.6. The molecule has 0 radical (unpaired) electrons. The highest BCUT2D eigenvalue weighted by Gasteiger charge is 2.26. The molecule has 0 aliphatic carbocycles. The van der Waals surface area contributed by atoms with E-state index in [-0.39, 0.29) is 5.84 Å². The summed E-state index contributed by atoms with van der Waals surface area (Å²) in [4.78, 5) is 3.36. The minimum Gasteiger partial charge on any atom is -0.409 e. The maximum absolute atomic E-state index is 9.14. The van der Waals surface area contributed by atoms with Gasteiger partial charge in [0, 0.05) is 17.1 Å². The summed E-state index contributed by atoms with van der Waals surface area (Å²) in [6.45, 7) is 6.50. The van der Waals surface area contributed by atoms with Gasteiger partial charge in [-0.25, -0.2) is 0 Å². The fourth-order valence-electron chi connectivity index (χ4n) is 2.65. The lowest BCUT2D eigenvalue weighted by Crippen LogP contribution is -2.46. The molecular weight excluding hydrogens is 286 g/mol. The number of anilines is 1. The van der Waals surface area contributed by atoms with Crippen molar-refractivity contribution in [2.24, 2.45) is 10.9 Å². The lowest BCUT2D eigenvalue weighted by atomic mass is 10.1. The quantitative estimate of drug-likeness (QED) is 0.287. The number of thioether (sulfide) groups is 1. The predicted octanol–water partition coefficient (Wildman–Crippen LogP) is 2.51. The first-order chi connectivity index (χ1) is 10.2. The molecule has 5 nitrogen and oxygen atoms in total. The Kier molecular flexibility index (Phi) is 5.76. The normalized spacial score (nSPS) is 19.8. The average molecular weight is 309 g/mol. The van der Waals surface area contributed by atoms with E-state index in [2.05, 4.69) is 23.9 Å². The number of amidine groups is 1. The van der Waals surface area contributed by atoms with E-state index in [1.54, 1.807) is 11.8 Å². The Bertz CT molecular complexity index is 508. The summed E-state index contributed by atoms with van der Waals surface area (Å²) >= 11 is 1.70. The van der Waals surface area contributed by atoms with Crippen LogP contribution in [0.4, 0.5) is 5.69 Å². The number of hydrogen-bond donors (Lipinski definition) is 2. The summed E-state index contributed by atoms with van der Waals surface area (Å²) in [5.41, 5.74) is 7.80. The van der Waals surface area contributed by atoms with Crippen LogP contribution in [0.25, 0.3) is 0 Å². The third-order valence-electron chi connectivity index (χ3n) is 3.68. The summed E-state index contributed by atoms with van der Waals surface area (Å²) < 4.78 is 5.57. The van der Waals surface area contributed by atoms with Gasteiger partial charge in [0.15, 0.2) is 5.84 Å². The smallest absolute Gasteiger partial charge is 0.173 e. The number of rotatable bonds is 5. The van der Waals surface area contributed by atoms with Crippen LogP contribution in [0.5, 0.6) is 0 Å². The second-order valence-corrected chi connectivity index (χ2v) is 6.20. The van der Waals surface area contributed by atoms with Gasteiger partial charge in [0.1, 0.15) is 0 Å². The number of ether oxygens (including phenoxy) is 1. The molecular formula is C15H23N3O2S. The third-order valence-corrected chi connectivity index (χ3v) is 4.62. The highest BCUT2D eigenvalue weighted by Crippen LogP contribution is 2.33. The van der Waals surface area contributed by atoms with E-state index in [9.17, 15) is 0 Å². The van der Waals surface area contributed by atoms with Crippen LogP contribution in [0.3, 0.4) is 0 Å². The van der Waals surface area contributed by atoms with Gasteiger partial charge in [-0.05, 0) is 24.3 Å². The van der Waals surface area contributed by atoms with Crippen LogP contribution >= 0.6 is 11.8 Å². The van der Waals surface area contributed by atoms with Crippen LogP contribution in [0.1, 0.15) is 25.8 Å². The number of oxime groups is 1. The molecule has 1 aromatic rings. The molecule has 1 aliphatic heterocycles. The van der Waals surface area contributed by atoms with Crippen molar-refractivity contribution in [3.63, 3.8) is 0 Å². The number of nitrogens with zero attached hydrogens (tertiary/aromatic N) is 2. The van der Waals surface area contributed by atoms with Crippen LogP contribution < -0.4 is 10.6 Å². The maximum Gasteiger partial charge on any atom is 0.173 e. The zero-order chi connectivity index (χ0) is 15.2. The number of hydrogen-bond acceptors (Lipinski definition) is 5. The Labute approximate surface area is 130 Å². The van der Waals surface area contributed by atoms with Crippen molar-refractivity contribution in [3.8, 4) is 0 Å². The molecule has 1 aromatic carbocycles. The van der Waals surface area contributed by atoms with E-state index < -0.39 is 0 Å². The van der Waals surface area contributed by atoms with Crippen molar-refractivity contribution >= 4 is 23.3 Å². The second-order valence-electron chi connectivity index (χ2n) is 4.90. The van der Waals surface area contributed by atoms with Gasteiger partial charge < -0.3 is 20.6 Å². The monoisotopic (exact) mass is 309 g/mol. The molecule has 1 saturated heterocycles. The van der Waals surface area contributed by atoms with Crippen molar-refractivity contribution in [1.29, 1.82) is 0 Å². The van der Waals surface area contributed by atoms with Gasteiger partial charge in [-0.2, -0.15) is 0 Å². The SMILES string of the molecule is CCSc1cccc(N2CCOCC2CC)c1/C(N)=N/O. The van der Waals surface area contributed by atoms with Crippen LogP contribution in [0.15, 0.2) is 28.3 Å². The predicted molar refractivity (Wildman–Crippen MR) is 87.6 cm³/mol. The first kappa shape index (κ1) is 16.0. The van der Waals surface area contributed by atoms with Crippen LogP contribution in [0, 0.1) is 0 Å². The first-order valence-corrected chi connectivity index (χ1v) is 8.29. The standard InChI is InChI=1S/C15H23N3O2S/c1-3-11-10-20-9-8-18(11)12-6-5-7-13(21-4-2)14(12)15(16)17-19/h5-7,11,19H,3-4,8-10H2,1-2H3,(H2,16,17). The Morgan fingerprint density at radius 2 is 2.33 bits per heavy atom. The van der Waals surface area contributed by atoms with E-state index in [0.717, 1.165) is 41.5 Å². The Hall–Kier alpha value is -1.40. The van der Waals surface area contributed by atoms with Crippen molar-refractivity contribution in [2.45, 2.75) is 31.2 Å². The van der Waals surface area contributed by atoms with Crippen LogP contribution in [0.2, 0.25) is 0 Å². The van der Waals surface area contributed by atoms with Crippen molar-refractivity contribution in [2.75, 3.05) is 30.4 Å². The summed E-state index contributed by atoms with van der Waals surface area (Å²) in [6.07, 6.45) is 1.00. The number of benzene rings is 1. The molecule has 0 bridgehead atoms. The third kappa shape index (κ3) is 3.44. The van der Waals surface area contributed by atoms with Gasteiger partial charge in [0.05, 0.1) is 24.8 Å². The Morgan fingerprint density at radius 1 is 1.52 bits per heavy atom. The molecule has 0 saturated carbocycles. The minimum atomic E-state index is 0.169. The van der Waals surface area contributed by atoms with Crippen molar-refractivity contribution in [3.05, 3.63) is 23.8 Å². The largest absolute Gasteiger partial charge is 0.409 e. The lowest BCUT2D eigenvalue weighted by Gasteiger charge is -2.38. The molecule has 1 unspecified atom stereocenters. The molecule has 0 amide bonds. The number of morpholine rings is 1. The molecule has 0 aromatic heterocycles. The van der Waals surface area contributed by atoms with Crippen LogP contribution in [-0.4, -0.2) is 42.6 Å². The van der Waals surface area contributed by atoms with Gasteiger partial charge in [0.2, 0.25) is 0 Å². The fourth-order valence-corrected chi connectivity index (χ4v) is 3.49. The van der Waals surface area contributed by atoms with E-state index >= 15 is 0 Å².